The summed E-state index contributed by atoms with van der Waals surface area (Å²) in [7, 11) is -2.29. The Morgan fingerprint density at radius 3 is 2.58 bits per heavy atom. The van der Waals surface area contributed by atoms with Crippen LogP contribution in [0.3, 0.4) is 0 Å². The number of aromatic nitrogens is 2. The minimum Gasteiger partial charge on any atom is -0.481 e. The van der Waals surface area contributed by atoms with Gasteiger partial charge in [-0.25, -0.2) is 13.4 Å². The van der Waals surface area contributed by atoms with Crippen molar-refractivity contribution in [3.8, 4) is 5.88 Å². The highest BCUT2D eigenvalue weighted by molar-refractivity contribution is 7.89. The van der Waals surface area contributed by atoms with Gasteiger partial charge in [-0.1, -0.05) is 6.07 Å². The molecule has 0 N–H and O–H groups in total. The van der Waals surface area contributed by atoms with Gasteiger partial charge in [0.2, 0.25) is 21.9 Å². The highest BCUT2D eigenvalue weighted by Gasteiger charge is 2.30. The zero-order valence-electron chi connectivity index (χ0n) is 14.0. The van der Waals surface area contributed by atoms with E-state index in [2.05, 4.69) is 9.97 Å². The molecular weight excluding hydrogens is 362 g/mol. The minimum atomic E-state index is -3.80. The van der Waals surface area contributed by atoms with Gasteiger partial charge in [0, 0.05) is 50.6 Å². The van der Waals surface area contributed by atoms with Crippen LogP contribution in [0.15, 0.2) is 41.4 Å². The van der Waals surface area contributed by atoms with Crippen LogP contribution in [-0.2, 0) is 10.0 Å². The van der Waals surface area contributed by atoms with Crippen LogP contribution in [0.4, 0.5) is 11.6 Å². The van der Waals surface area contributed by atoms with Crippen LogP contribution < -0.4 is 9.64 Å². The molecule has 2 aromatic rings. The summed E-state index contributed by atoms with van der Waals surface area (Å²) in [6.45, 7) is 1.26. The monoisotopic (exact) mass is 379 g/mol. The van der Waals surface area contributed by atoms with Crippen LogP contribution in [0.1, 0.15) is 0 Å². The lowest BCUT2D eigenvalue weighted by Gasteiger charge is -2.33. The Balaban J connectivity index is 1.74. The first-order valence-electron chi connectivity index (χ1n) is 7.78. The predicted molar refractivity (Wildman–Crippen MR) is 92.7 cm³/mol. The summed E-state index contributed by atoms with van der Waals surface area (Å²) < 4.78 is 31.9. The molecule has 0 unspecified atom stereocenters. The summed E-state index contributed by atoms with van der Waals surface area (Å²) in [6, 6.07) is 6.70. The molecular formula is C15H17N5O5S. The van der Waals surface area contributed by atoms with E-state index in [9.17, 15) is 18.5 Å². The van der Waals surface area contributed by atoms with E-state index in [0.29, 0.717) is 24.9 Å². The number of hydrogen-bond acceptors (Lipinski definition) is 8. The van der Waals surface area contributed by atoms with E-state index in [4.69, 9.17) is 4.74 Å². The van der Waals surface area contributed by atoms with Gasteiger partial charge in [0.1, 0.15) is 0 Å². The van der Waals surface area contributed by atoms with Crippen LogP contribution in [0.5, 0.6) is 5.88 Å². The molecule has 1 aliphatic rings. The fraction of sp³-hybridized carbons (Fsp3) is 0.333. The number of benzene rings is 1. The molecule has 11 heteroatoms. The number of nitrogens with zero attached hydrogens (tertiary/aromatic N) is 5. The van der Waals surface area contributed by atoms with E-state index >= 15 is 0 Å². The van der Waals surface area contributed by atoms with E-state index in [1.165, 1.54) is 29.6 Å². The summed E-state index contributed by atoms with van der Waals surface area (Å²) in [5, 5.41) is 10.9. The number of methoxy groups -OCH3 is 1. The van der Waals surface area contributed by atoms with Gasteiger partial charge in [0.05, 0.1) is 16.9 Å². The molecule has 1 aliphatic heterocycles. The maximum Gasteiger partial charge on any atom is 0.270 e. The Morgan fingerprint density at radius 1 is 1.19 bits per heavy atom. The molecule has 0 bridgehead atoms. The zero-order valence-corrected chi connectivity index (χ0v) is 14.8. The van der Waals surface area contributed by atoms with Gasteiger partial charge in [-0.3, -0.25) is 10.1 Å². The van der Waals surface area contributed by atoms with Crippen molar-refractivity contribution >= 4 is 21.7 Å². The topological polar surface area (TPSA) is 119 Å². The van der Waals surface area contributed by atoms with Crippen molar-refractivity contribution in [1.82, 2.24) is 14.3 Å². The largest absolute Gasteiger partial charge is 0.481 e. The number of piperazine rings is 1. The van der Waals surface area contributed by atoms with E-state index in [1.54, 1.807) is 12.3 Å². The van der Waals surface area contributed by atoms with Gasteiger partial charge in [-0.15, -0.1) is 0 Å². The maximum absolute atomic E-state index is 12.7. The number of non-ortho nitro benzene ring substituents is 1. The smallest absolute Gasteiger partial charge is 0.270 e. The zero-order chi connectivity index (χ0) is 18.7. The minimum absolute atomic E-state index is 0.0854. The van der Waals surface area contributed by atoms with Crippen molar-refractivity contribution < 1.29 is 18.1 Å². The normalized spacial score (nSPS) is 15.7. The molecule has 0 amide bonds. The summed E-state index contributed by atoms with van der Waals surface area (Å²) in [5.41, 5.74) is -0.255. The van der Waals surface area contributed by atoms with Gasteiger partial charge in [0.15, 0.2) is 0 Å². The first-order valence-corrected chi connectivity index (χ1v) is 9.22. The van der Waals surface area contributed by atoms with Gasteiger partial charge >= 0.3 is 0 Å². The van der Waals surface area contributed by atoms with Crippen molar-refractivity contribution in [3.05, 3.63) is 46.6 Å². The van der Waals surface area contributed by atoms with Crippen molar-refractivity contribution in [1.29, 1.82) is 0 Å². The Morgan fingerprint density at radius 2 is 1.92 bits per heavy atom. The second kappa shape index (κ2) is 7.22. The third-order valence-corrected chi connectivity index (χ3v) is 5.91. The average Bonchev–Trinajstić information content (AvgIpc) is 2.68. The van der Waals surface area contributed by atoms with Crippen LogP contribution in [0.25, 0.3) is 0 Å². The molecule has 1 fully saturated rings. The van der Waals surface area contributed by atoms with Gasteiger partial charge < -0.3 is 9.64 Å². The number of rotatable bonds is 5. The number of hydrogen-bond donors (Lipinski definition) is 0. The molecule has 1 aromatic carbocycles. The van der Waals surface area contributed by atoms with Crippen LogP contribution in [-0.4, -0.2) is 60.9 Å². The molecule has 1 aromatic heterocycles. The van der Waals surface area contributed by atoms with Crippen molar-refractivity contribution in [2.24, 2.45) is 0 Å². The van der Waals surface area contributed by atoms with Crippen molar-refractivity contribution in [2.75, 3.05) is 38.2 Å². The molecule has 0 saturated carbocycles. The van der Waals surface area contributed by atoms with Crippen LogP contribution in [0, 0.1) is 10.1 Å². The molecule has 0 radical (unpaired) electrons. The summed E-state index contributed by atoms with van der Waals surface area (Å²) >= 11 is 0. The van der Waals surface area contributed by atoms with Crippen molar-refractivity contribution in [2.45, 2.75) is 4.90 Å². The number of ether oxygens (including phenoxy) is 1. The van der Waals surface area contributed by atoms with Gasteiger partial charge in [-0.2, -0.15) is 9.29 Å². The Bertz CT molecular complexity index is 912. The van der Waals surface area contributed by atoms with Gasteiger partial charge in [-0.05, 0) is 6.07 Å². The van der Waals surface area contributed by atoms with E-state index in [1.807, 2.05) is 4.90 Å². The molecule has 3 rings (SSSR count). The molecule has 26 heavy (non-hydrogen) atoms. The van der Waals surface area contributed by atoms with E-state index in [0.717, 1.165) is 6.07 Å². The third kappa shape index (κ3) is 3.58. The highest BCUT2D eigenvalue weighted by atomic mass is 32.2. The lowest BCUT2D eigenvalue weighted by molar-refractivity contribution is -0.385. The van der Waals surface area contributed by atoms with Crippen LogP contribution in [0.2, 0.25) is 0 Å². The molecule has 0 spiro atoms. The summed E-state index contributed by atoms with van der Waals surface area (Å²) in [5.74, 6) is 0.901. The van der Waals surface area contributed by atoms with Crippen molar-refractivity contribution in [3.63, 3.8) is 0 Å². The van der Waals surface area contributed by atoms with Crippen LogP contribution >= 0.6 is 0 Å². The summed E-state index contributed by atoms with van der Waals surface area (Å²) in [6.07, 6.45) is 1.58. The lowest BCUT2D eigenvalue weighted by atomic mass is 10.3. The van der Waals surface area contributed by atoms with Gasteiger partial charge in [0.25, 0.3) is 5.69 Å². The number of nitro benzene ring substituents is 1. The molecule has 10 nitrogen and oxygen atoms in total. The molecule has 138 valence electrons. The quantitative estimate of drug-likeness (QED) is 0.555. The maximum atomic E-state index is 12.7. The fourth-order valence-electron chi connectivity index (χ4n) is 2.63. The third-order valence-electron chi connectivity index (χ3n) is 4.01. The second-order valence-electron chi connectivity index (χ2n) is 5.54. The first-order chi connectivity index (χ1) is 12.4. The Labute approximate surface area is 150 Å². The second-order valence-corrected chi connectivity index (χ2v) is 7.48. The lowest BCUT2D eigenvalue weighted by Crippen LogP contribution is -2.49. The SMILES string of the molecule is COc1ccnc(N2CCN(S(=O)(=O)c3cccc([N+](=O)[O-])c3)CC2)n1. The molecule has 0 aliphatic carbocycles. The average molecular weight is 379 g/mol. The standard InChI is InChI=1S/C15H17N5O5S/c1-25-14-5-6-16-15(17-14)18-7-9-19(10-8-18)26(23,24)13-4-2-3-12(11-13)20(21)22/h2-6,11H,7-10H2,1H3. The predicted octanol–water partition coefficient (Wildman–Crippen LogP) is 0.904. The van der Waals surface area contributed by atoms with E-state index < -0.39 is 14.9 Å². The number of anilines is 1. The molecule has 1 saturated heterocycles. The Kier molecular flexibility index (Phi) is 5.00. The number of sulfonamides is 1. The first kappa shape index (κ1) is 18.0. The molecule has 2 heterocycles. The molecule has 0 atom stereocenters. The van der Waals surface area contributed by atoms with E-state index in [-0.39, 0.29) is 23.7 Å². The number of nitro groups is 1. The summed E-state index contributed by atoms with van der Waals surface area (Å²) in [4.78, 5) is 20.5. The Hall–Kier alpha value is -2.79. The highest BCUT2D eigenvalue weighted by Crippen LogP contribution is 2.23. The fourth-order valence-corrected chi connectivity index (χ4v) is 4.10.